The topological polar surface area (TPSA) is 84.3 Å². The normalized spacial score (nSPS) is 14.7. The number of ether oxygens (including phenoxy) is 1. The molecular formula is C18H18ClF4N3O3. The van der Waals surface area contributed by atoms with Gasteiger partial charge in [-0.2, -0.15) is 18.2 Å². The lowest BCUT2D eigenvalue weighted by molar-refractivity contribution is -0.192. The first-order chi connectivity index (χ1) is 13.7. The van der Waals surface area contributed by atoms with Gasteiger partial charge in [0.2, 0.25) is 0 Å². The van der Waals surface area contributed by atoms with Crippen LogP contribution in [0.25, 0.3) is 0 Å². The number of benzene rings is 1. The molecule has 2 heterocycles. The third kappa shape index (κ3) is 7.47. The molecule has 0 radical (unpaired) electrons. The molecule has 1 aliphatic heterocycles. The molecule has 0 aliphatic carbocycles. The Labute approximate surface area is 168 Å². The number of aliphatic carboxylic acids is 1. The van der Waals surface area contributed by atoms with Crippen molar-refractivity contribution in [3.05, 3.63) is 52.6 Å². The maximum absolute atomic E-state index is 13.7. The molecule has 1 aliphatic rings. The lowest BCUT2D eigenvalue weighted by Crippen LogP contribution is -2.27. The molecule has 0 spiro atoms. The van der Waals surface area contributed by atoms with Crippen molar-refractivity contribution in [3.63, 3.8) is 0 Å². The maximum Gasteiger partial charge on any atom is 0.490 e. The fourth-order valence-electron chi connectivity index (χ4n) is 2.55. The Morgan fingerprint density at radius 1 is 1.28 bits per heavy atom. The minimum absolute atomic E-state index is 0.0820. The van der Waals surface area contributed by atoms with E-state index >= 15 is 0 Å². The van der Waals surface area contributed by atoms with Crippen LogP contribution in [0.4, 0.5) is 17.6 Å². The fourth-order valence-corrected chi connectivity index (χ4v) is 2.71. The van der Waals surface area contributed by atoms with E-state index in [0.29, 0.717) is 16.5 Å². The molecule has 158 valence electrons. The first-order valence-electron chi connectivity index (χ1n) is 8.57. The summed E-state index contributed by atoms with van der Waals surface area (Å²) >= 11 is 5.73. The van der Waals surface area contributed by atoms with Gasteiger partial charge in [-0.15, -0.1) is 0 Å². The number of hydrogen-bond donors (Lipinski definition) is 2. The second kappa shape index (κ2) is 10.4. The van der Waals surface area contributed by atoms with E-state index in [2.05, 4.69) is 15.3 Å². The molecule has 6 nitrogen and oxygen atoms in total. The average Bonchev–Trinajstić information content (AvgIpc) is 2.68. The number of aromatic nitrogens is 2. The van der Waals surface area contributed by atoms with E-state index in [4.69, 9.17) is 26.2 Å². The Hall–Kier alpha value is -2.46. The summed E-state index contributed by atoms with van der Waals surface area (Å²) in [6.07, 6.45) is -1.28. The zero-order valence-corrected chi connectivity index (χ0v) is 15.8. The predicted octanol–water partition coefficient (Wildman–Crippen LogP) is 3.95. The van der Waals surface area contributed by atoms with Gasteiger partial charge in [-0.25, -0.2) is 14.2 Å². The molecule has 1 aromatic carbocycles. The number of carboxylic acids is 1. The van der Waals surface area contributed by atoms with Crippen LogP contribution >= 0.6 is 11.6 Å². The standard InChI is InChI=1S/C16H17ClFN3O.C2HF3O2/c17-13-2-1-12(14(18)9-13)10-22-16-20-8-5-15(21-16)11-3-6-19-7-4-11;3-2(4,5)1(6)7/h1-2,5,8-9,11,19H,3-4,6-7,10H2;(H,6,7). The Balaban J connectivity index is 0.000000370. The van der Waals surface area contributed by atoms with Gasteiger partial charge >= 0.3 is 18.2 Å². The molecule has 29 heavy (non-hydrogen) atoms. The summed E-state index contributed by atoms with van der Waals surface area (Å²) in [7, 11) is 0. The summed E-state index contributed by atoms with van der Waals surface area (Å²) in [5.74, 6) is -2.71. The van der Waals surface area contributed by atoms with E-state index in [1.807, 2.05) is 6.07 Å². The van der Waals surface area contributed by atoms with Crippen molar-refractivity contribution in [1.82, 2.24) is 15.3 Å². The van der Waals surface area contributed by atoms with Crippen LogP contribution < -0.4 is 10.1 Å². The molecule has 1 saturated heterocycles. The van der Waals surface area contributed by atoms with Crippen LogP contribution in [-0.4, -0.2) is 40.3 Å². The molecule has 0 amide bonds. The lowest BCUT2D eigenvalue weighted by atomic mass is 9.94. The minimum atomic E-state index is -5.08. The van der Waals surface area contributed by atoms with Crippen molar-refractivity contribution >= 4 is 17.6 Å². The van der Waals surface area contributed by atoms with Crippen molar-refractivity contribution < 1.29 is 32.2 Å². The molecule has 0 atom stereocenters. The summed E-state index contributed by atoms with van der Waals surface area (Å²) in [5, 5.41) is 10.8. The van der Waals surface area contributed by atoms with Gasteiger partial charge in [0.15, 0.2) is 0 Å². The number of halogens is 5. The molecule has 0 saturated carbocycles. The van der Waals surface area contributed by atoms with E-state index in [9.17, 15) is 17.6 Å². The summed E-state index contributed by atoms with van der Waals surface area (Å²) in [6, 6.07) is 6.72. The molecule has 0 bridgehead atoms. The van der Waals surface area contributed by atoms with Crippen LogP contribution in [-0.2, 0) is 11.4 Å². The number of hydrogen-bond acceptors (Lipinski definition) is 5. The van der Waals surface area contributed by atoms with Gasteiger partial charge in [0.05, 0.1) is 5.69 Å². The SMILES string of the molecule is Fc1cc(Cl)ccc1COc1nccc(C2CCNCC2)n1.O=C(O)C(F)(F)F. The quantitative estimate of drug-likeness (QED) is 0.707. The predicted molar refractivity (Wildman–Crippen MR) is 96.3 cm³/mol. The van der Waals surface area contributed by atoms with Gasteiger partial charge in [0.1, 0.15) is 12.4 Å². The van der Waals surface area contributed by atoms with Crippen molar-refractivity contribution in [2.24, 2.45) is 0 Å². The Morgan fingerprint density at radius 3 is 2.52 bits per heavy atom. The van der Waals surface area contributed by atoms with Crippen LogP contribution in [0.15, 0.2) is 30.5 Å². The summed E-state index contributed by atoms with van der Waals surface area (Å²) < 4.78 is 51.0. The highest BCUT2D eigenvalue weighted by Gasteiger charge is 2.38. The van der Waals surface area contributed by atoms with Crippen molar-refractivity contribution in [3.8, 4) is 6.01 Å². The number of carboxylic acid groups (broad SMARTS) is 1. The second-order valence-corrected chi connectivity index (χ2v) is 6.55. The number of piperidine rings is 1. The van der Waals surface area contributed by atoms with Crippen LogP contribution in [0, 0.1) is 5.82 Å². The number of alkyl halides is 3. The highest BCUT2D eigenvalue weighted by Crippen LogP contribution is 2.24. The van der Waals surface area contributed by atoms with Crippen molar-refractivity contribution in [2.45, 2.75) is 31.5 Å². The smallest absolute Gasteiger partial charge is 0.475 e. The number of nitrogens with one attached hydrogen (secondary N) is 1. The third-order valence-corrected chi connectivity index (χ3v) is 4.26. The number of rotatable bonds is 4. The van der Waals surface area contributed by atoms with Crippen LogP contribution in [0.1, 0.15) is 30.0 Å². The number of nitrogens with zero attached hydrogens (tertiary/aromatic N) is 2. The van der Waals surface area contributed by atoms with Gasteiger partial charge in [-0.05, 0) is 44.1 Å². The third-order valence-electron chi connectivity index (χ3n) is 4.03. The van der Waals surface area contributed by atoms with Gasteiger partial charge in [-0.1, -0.05) is 17.7 Å². The Bertz CT molecular complexity index is 830. The summed E-state index contributed by atoms with van der Waals surface area (Å²) in [6.45, 7) is 2.08. The number of carbonyl (C=O) groups is 1. The average molecular weight is 436 g/mol. The van der Waals surface area contributed by atoms with Gasteiger partial charge in [0, 0.05) is 22.7 Å². The molecule has 2 aromatic rings. The van der Waals surface area contributed by atoms with E-state index in [1.54, 1.807) is 18.3 Å². The molecule has 0 unspecified atom stereocenters. The van der Waals surface area contributed by atoms with Gasteiger partial charge in [0.25, 0.3) is 0 Å². The van der Waals surface area contributed by atoms with Crippen LogP contribution in [0.3, 0.4) is 0 Å². The Morgan fingerprint density at radius 2 is 1.93 bits per heavy atom. The lowest BCUT2D eigenvalue weighted by Gasteiger charge is -2.22. The Kier molecular flexibility index (Phi) is 8.15. The molecule has 1 fully saturated rings. The first kappa shape index (κ1) is 22.8. The molecule has 2 N–H and O–H groups in total. The van der Waals surface area contributed by atoms with Crippen molar-refractivity contribution in [2.75, 3.05) is 13.1 Å². The zero-order valence-electron chi connectivity index (χ0n) is 15.0. The van der Waals surface area contributed by atoms with E-state index in [0.717, 1.165) is 31.6 Å². The molecule has 3 rings (SSSR count). The van der Waals surface area contributed by atoms with E-state index < -0.39 is 12.1 Å². The molecule has 11 heteroatoms. The van der Waals surface area contributed by atoms with Gasteiger partial charge < -0.3 is 15.2 Å². The minimum Gasteiger partial charge on any atom is -0.475 e. The highest BCUT2D eigenvalue weighted by molar-refractivity contribution is 6.30. The van der Waals surface area contributed by atoms with E-state index in [-0.39, 0.29) is 18.4 Å². The second-order valence-electron chi connectivity index (χ2n) is 6.12. The fraction of sp³-hybridized carbons (Fsp3) is 0.389. The van der Waals surface area contributed by atoms with Crippen molar-refractivity contribution in [1.29, 1.82) is 0 Å². The zero-order chi connectivity index (χ0) is 21.4. The van der Waals surface area contributed by atoms with Gasteiger partial charge in [-0.3, -0.25) is 0 Å². The summed E-state index contributed by atoms with van der Waals surface area (Å²) in [4.78, 5) is 17.4. The molecule has 1 aromatic heterocycles. The van der Waals surface area contributed by atoms with Crippen LogP contribution in [0.5, 0.6) is 6.01 Å². The monoisotopic (exact) mass is 435 g/mol. The van der Waals surface area contributed by atoms with Crippen LogP contribution in [0.2, 0.25) is 5.02 Å². The maximum atomic E-state index is 13.7. The largest absolute Gasteiger partial charge is 0.490 e. The molecular weight excluding hydrogens is 418 g/mol. The highest BCUT2D eigenvalue weighted by atomic mass is 35.5. The summed E-state index contributed by atoms with van der Waals surface area (Å²) in [5.41, 5.74) is 1.42. The van der Waals surface area contributed by atoms with E-state index in [1.165, 1.54) is 6.07 Å². The first-order valence-corrected chi connectivity index (χ1v) is 8.95.